The highest BCUT2D eigenvalue weighted by Crippen LogP contribution is 2.20. The molecule has 0 saturated carbocycles. The van der Waals surface area contributed by atoms with Gasteiger partial charge in [-0.15, -0.1) is 11.6 Å². The fourth-order valence-corrected chi connectivity index (χ4v) is 2.21. The van der Waals surface area contributed by atoms with Crippen molar-refractivity contribution in [1.82, 2.24) is 0 Å². The molecule has 0 nitrogen and oxygen atoms in total. The predicted molar refractivity (Wildman–Crippen MR) is 75.7 cm³/mol. The van der Waals surface area contributed by atoms with Gasteiger partial charge < -0.3 is 0 Å². The minimum absolute atomic E-state index is 0.372. The van der Waals surface area contributed by atoms with Crippen LogP contribution in [0.3, 0.4) is 0 Å². The Kier molecular flexibility index (Phi) is 9.94. The lowest BCUT2D eigenvalue weighted by Gasteiger charge is -2.13. The van der Waals surface area contributed by atoms with E-state index in [9.17, 15) is 0 Å². The summed E-state index contributed by atoms with van der Waals surface area (Å²) in [5.41, 5.74) is 0. The molecule has 3 atom stereocenters. The number of hydrogen-bond donors (Lipinski definition) is 0. The van der Waals surface area contributed by atoms with Crippen LogP contribution in [0.15, 0.2) is 0 Å². The molecule has 0 spiro atoms. The largest absolute Gasteiger partial charge is 0.122 e. The van der Waals surface area contributed by atoms with E-state index in [0.717, 1.165) is 5.92 Å². The summed E-state index contributed by atoms with van der Waals surface area (Å²) in [5.74, 6) is 0.908. The molecule has 0 amide bonds. The highest BCUT2D eigenvalue weighted by molar-refractivity contribution is 14.1. The second-order valence-electron chi connectivity index (χ2n) is 4.37. The first kappa shape index (κ1) is 15.0. The highest BCUT2D eigenvalue weighted by atomic mass is 127. The highest BCUT2D eigenvalue weighted by Gasteiger charge is 2.10. The standard InChI is InChI=1S/C12H24ClI/c1-4-7-10(2)8-5-6-9-12(13)11(3)14/h10-12H,4-9H2,1-3H3. The van der Waals surface area contributed by atoms with E-state index in [1.807, 2.05) is 0 Å². The molecule has 0 aromatic carbocycles. The molecule has 0 saturated heterocycles. The molecule has 0 heterocycles. The molecule has 0 bridgehead atoms. The normalized spacial score (nSPS) is 17.8. The van der Waals surface area contributed by atoms with Crippen molar-refractivity contribution in [3.8, 4) is 0 Å². The minimum Gasteiger partial charge on any atom is -0.122 e. The average molecular weight is 331 g/mol. The van der Waals surface area contributed by atoms with E-state index in [1.54, 1.807) is 0 Å². The molecule has 0 N–H and O–H groups in total. The summed E-state index contributed by atoms with van der Waals surface area (Å²) in [6.45, 7) is 6.82. The van der Waals surface area contributed by atoms with Crippen LogP contribution in [-0.4, -0.2) is 9.30 Å². The molecular weight excluding hydrogens is 306 g/mol. The van der Waals surface area contributed by atoms with Gasteiger partial charge in [0.25, 0.3) is 0 Å². The first-order chi connectivity index (χ1) is 6.57. The van der Waals surface area contributed by atoms with Crippen LogP contribution in [0.5, 0.6) is 0 Å². The van der Waals surface area contributed by atoms with Crippen molar-refractivity contribution in [1.29, 1.82) is 0 Å². The molecule has 0 aliphatic heterocycles. The lowest BCUT2D eigenvalue weighted by molar-refractivity contribution is 0.454. The monoisotopic (exact) mass is 330 g/mol. The molecule has 3 unspecified atom stereocenters. The van der Waals surface area contributed by atoms with Gasteiger partial charge in [-0.25, -0.2) is 0 Å². The quantitative estimate of drug-likeness (QED) is 0.317. The molecule has 0 aliphatic rings. The Morgan fingerprint density at radius 2 is 1.64 bits per heavy atom. The van der Waals surface area contributed by atoms with Crippen LogP contribution in [0, 0.1) is 5.92 Å². The summed E-state index contributed by atoms with van der Waals surface area (Å²) in [7, 11) is 0. The Morgan fingerprint density at radius 3 is 2.14 bits per heavy atom. The van der Waals surface area contributed by atoms with Gasteiger partial charge in [0, 0.05) is 9.30 Å². The first-order valence-electron chi connectivity index (χ1n) is 5.86. The molecule has 14 heavy (non-hydrogen) atoms. The van der Waals surface area contributed by atoms with E-state index in [2.05, 4.69) is 43.4 Å². The summed E-state index contributed by atoms with van der Waals surface area (Å²) in [6.07, 6.45) is 7.93. The summed E-state index contributed by atoms with van der Waals surface area (Å²) in [6, 6.07) is 0. The molecule has 86 valence electrons. The van der Waals surface area contributed by atoms with E-state index >= 15 is 0 Å². The fraction of sp³-hybridized carbons (Fsp3) is 1.00. The summed E-state index contributed by atoms with van der Waals surface area (Å²) in [4.78, 5) is 0. The van der Waals surface area contributed by atoms with Crippen LogP contribution in [0.4, 0.5) is 0 Å². The molecule has 0 rings (SSSR count). The molecule has 0 radical (unpaired) electrons. The van der Waals surface area contributed by atoms with Crippen molar-refractivity contribution in [2.45, 2.75) is 68.6 Å². The zero-order valence-electron chi connectivity index (χ0n) is 9.73. The Morgan fingerprint density at radius 1 is 1.07 bits per heavy atom. The van der Waals surface area contributed by atoms with Gasteiger partial charge in [0.05, 0.1) is 0 Å². The second kappa shape index (κ2) is 9.26. The third kappa shape index (κ3) is 8.34. The third-order valence-electron chi connectivity index (χ3n) is 2.71. The SMILES string of the molecule is CCCC(C)CCCCC(Cl)C(C)I. The summed E-state index contributed by atoms with van der Waals surface area (Å²) in [5, 5.41) is 0.372. The van der Waals surface area contributed by atoms with E-state index in [0.29, 0.717) is 9.30 Å². The maximum atomic E-state index is 6.18. The van der Waals surface area contributed by atoms with Gasteiger partial charge in [-0.1, -0.05) is 75.5 Å². The number of hydrogen-bond acceptors (Lipinski definition) is 0. The van der Waals surface area contributed by atoms with E-state index in [1.165, 1.54) is 38.5 Å². The summed E-state index contributed by atoms with van der Waals surface area (Å²) < 4.78 is 0.599. The fourth-order valence-electron chi connectivity index (χ4n) is 1.70. The molecule has 2 heteroatoms. The van der Waals surface area contributed by atoms with Gasteiger partial charge in [-0.3, -0.25) is 0 Å². The van der Waals surface area contributed by atoms with Crippen molar-refractivity contribution >= 4 is 34.2 Å². The Labute approximate surface area is 108 Å². The topological polar surface area (TPSA) is 0 Å². The number of alkyl halides is 2. The smallest absolute Gasteiger partial charge is 0.0451 e. The van der Waals surface area contributed by atoms with E-state index in [4.69, 9.17) is 11.6 Å². The zero-order chi connectivity index (χ0) is 11.0. The van der Waals surface area contributed by atoms with Gasteiger partial charge in [-0.05, 0) is 12.3 Å². The Hall–Kier alpha value is 1.02. The molecule has 0 aromatic heterocycles. The maximum Gasteiger partial charge on any atom is 0.0451 e. The van der Waals surface area contributed by atoms with Gasteiger partial charge in [0.1, 0.15) is 0 Å². The van der Waals surface area contributed by atoms with Gasteiger partial charge in [0.2, 0.25) is 0 Å². The average Bonchev–Trinajstić information content (AvgIpc) is 2.12. The van der Waals surface area contributed by atoms with Gasteiger partial charge >= 0.3 is 0 Å². The number of rotatable bonds is 8. The molecular formula is C12H24ClI. The molecule has 0 aliphatic carbocycles. The zero-order valence-corrected chi connectivity index (χ0v) is 12.6. The van der Waals surface area contributed by atoms with Crippen molar-refractivity contribution in [2.24, 2.45) is 5.92 Å². The number of unbranched alkanes of at least 4 members (excludes halogenated alkanes) is 1. The van der Waals surface area contributed by atoms with Crippen LogP contribution in [-0.2, 0) is 0 Å². The van der Waals surface area contributed by atoms with Crippen molar-refractivity contribution in [3.63, 3.8) is 0 Å². The van der Waals surface area contributed by atoms with E-state index in [-0.39, 0.29) is 0 Å². The van der Waals surface area contributed by atoms with Crippen LogP contribution < -0.4 is 0 Å². The van der Waals surface area contributed by atoms with Crippen molar-refractivity contribution < 1.29 is 0 Å². The van der Waals surface area contributed by atoms with Gasteiger partial charge in [0.15, 0.2) is 0 Å². The van der Waals surface area contributed by atoms with Crippen LogP contribution in [0.1, 0.15) is 59.3 Å². The maximum absolute atomic E-state index is 6.18. The molecule has 0 fully saturated rings. The number of halogens is 2. The minimum atomic E-state index is 0.372. The van der Waals surface area contributed by atoms with Crippen molar-refractivity contribution in [3.05, 3.63) is 0 Å². The summed E-state index contributed by atoms with van der Waals surface area (Å²) >= 11 is 8.60. The Bertz CT molecular complexity index is 125. The third-order valence-corrected chi connectivity index (χ3v) is 4.60. The molecule has 0 aromatic rings. The van der Waals surface area contributed by atoms with Crippen molar-refractivity contribution in [2.75, 3.05) is 0 Å². The lowest BCUT2D eigenvalue weighted by Crippen LogP contribution is -2.09. The van der Waals surface area contributed by atoms with E-state index < -0.39 is 0 Å². The van der Waals surface area contributed by atoms with Crippen LogP contribution in [0.25, 0.3) is 0 Å². The van der Waals surface area contributed by atoms with Gasteiger partial charge in [-0.2, -0.15) is 0 Å². The predicted octanol–water partition coefficient (Wildman–Crippen LogP) is 5.41. The first-order valence-corrected chi connectivity index (χ1v) is 7.54. The lowest BCUT2D eigenvalue weighted by atomic mass is 9.98. The second-order valence-corrected chi connectivity index (χ2v) is 6.90. The van der Waals surface area contributed by atoms with Crippen LogP contribution >= 0.6 is 34.2 Å². The Balaban J connectivity index is 3.28. The van der Waals surface area contributed by atoms with Crippen LogP contribution in [0.2, 0.25) is 0 Å².